The lowest BCUT2D eigenvalue weighted by Crippen LogP contribution is -2.16. The summed E-state index contributed by atoms with van der Waals surface area (Å²) in [5.74, 6) is 1.04. The number of rotatable bonds is 7. The van der Waals surface area contributed by atoms with Crippen molar-refractivity contribution in [2.45, 2.75) is 26.7 Å². The molecular formula is C13H21NO. The van der Waals surface area contributed by atoms with Gasteiger partial charge in [0.15, 0.2) is 0 Å². The first-order chi connectivity index (χ1) is 7.38. The molecule has 0 amide bonds. The van der Waals surface area contributed by atoms with Crippen molar-refractivity contribution >= 4 is 0 Å². The fourth-order valence-corrected chi connectivity index (χ4v) is 1.49. The molecule has 0 spiro atoms. The summed E-state index contributed by atoms with van der Waals surface area (Å²) in [4.78, 5) is 0. The van der Waals surface area contributed by atoms with Crippen LogP contribution in [0.5, 0.6) is 5.75 Å². The summed E-state index contributed by atoms with van der Waals surface area (Å²) < 4.78 is 5.73. The molecule has 1 N–H and O–H groups in total. The van der Waals surface area contributed by atoms with Gasteiger partial charge in [-0.25, -0.2) is 0 Å². The van der Waals surface area contributed by atoms with E-state index in [1.165, 1.54) is 5.56 Å². The van der Waals surface area contributed by atoms with Gasteiger partial charge in [0.1, 0.15) is 5.75 Å². The summed E-state index contributed by atoms with van der Waals surface area (Å²) in [6.07, 6.45) is 2.09. The van der Waals surface area contributed by atoms with E-state index >= 15 is 0 Å². The normalized spacial score (nSPS) is 10.3. The maximum Gasteiger partial charge on any atom is 0.122 e. The number of para-hydroxylation sites is 1. The Morgan fingerprint density at radius 1 is 1.20 bits per heavy atom. The van der Waals surface area contributed by atoms with E-state index in [1.54, 1.807) is 0 Å². The molecule has 0 aliphatic rings. The van der Waals surface area contributed by atoms with Crippen molar-refractivity contribution < 1.29 is 4.74 Å². The zero-order valence-electron chi connectivity index (χ0n) is 9.75. The minimum absolute atomic E-state index is 0.796. The lowest BCUT2D eigenvalue weighted by atomic mass is 10.1. The van der Waals surface area contributed by atoms with Gasteiger partial charge in [-0.05, 0) is 37.6 Å². The van der Waals surface area contributed by atoms with Gasteiger partial charge in [0.25, 0.3) is 0 Å². The van der Waals surface area contributed by atoms with Gasteiger partial charge < -0.3 is 10.1 Å². The third-order valence-electron chi connectivity index (χ3n) is 2.36. The largest absolute Gasteiger partial charge is 0.493 e. The zero-order chi connectivity index (χ0) is 10.9. The van der Waals surface area contributed by atoms with Crippen molar-refractivity contribution in [3.8, 4) is 5.75 Å². The van der Waals surface area contributed by atoms with E-state index in [9.17, 15) is 0 Å². The molecule has 0 fully saturated rings. The molecule has 0 heterocycles. The van der Waals surface area contributed by atoms with E-state index in [2.05, 4.69) is 31.3 Å². The molecule has 0 saturated carbocycles. The Morgan fingerprint density at radius 3 is 2.73 bits per heavy atom. The molecule has 0 atom stereocenters. The monoisotopic (exact) mass is 207 g/mol. The zero-order valence-corrected chi connectivity index (χ0v) is 9.75. The van der Waals surface area contributed by atoms with Gasteiger partial charge in [-0.1, -0.05) is 32.0 Å². The third-order valence-corrected chi connectivity index (χ3v) is 2.36. The molecule has 0 aliphatic carbocycles. The van der Waals surface area contributed by atoms with Crippen molar-refractivity contribution in [1.82, 2.24) is 5.32 Å². The van der Waals surface area contributed by atoms with Gasteiger partial charge in [0.05, 0.1) is 6.61 Å². The first kappa shape index (κ1) is 12.1. The van der Waals surface area contributed by atoms with Crippen LogP contribution < -0.4 is 10.1 Å². The standard InChI is InChI=1S/C13H21NO/c1-3-12-8-5-6-9-13(12)15-11-7-10-14-4-2/h5-6,8-9,14H,3-4,7,10-11H2,1-2H3. The molecule has 0 saturated heterocycles. The Kier molecular flexibility index (Phi) is 5.86. The average Bonchev–Trinajstić information content (AvgIpc) is 2.29. The molecule has 1 aromatic carbocycles. The van der Waals surface area contributed by atoms with Gasteiger partial charge in [-0.3, -0.25) is 0 Å². The molecular weight excluding hydrogens is 186 g/mol. The fraction of sp³-hybridized carbons (Fsp3) is 0.538. The first-order valence-electron chi connectivity index (χ1n) is 5.80. The van der Waals surface area contributed by atoms with E-state index < -0.39 is 0 Å². The van der Waals surface area contributed by atoms with Crippen LogP contribution >= 0.6 is 0 Å². The maximum atomic E-state index is 5.73. The number of ether oxygens (including phenoxy) is 1. The highest BCUT2D eigenvalue weighted by Gasteiger charge is 1.99. The van der Waals surface area contributed by atoms with E-state index in [-0.39, 0.29) is 0 Å². The predicted octanol–water partition coefficient (Wildman–Crippen LogP) is 2.63. The van der Waals surface area contributed by atoms with E-state index in [1.807, 2.05) is 12.1 Å². The molecule has 2 heteroatoms. The number of nitrogens with one attached hydrogen (secondary N) is 1. The predicted molar refractivity (Wildman–Crippen MR) is 64.5 cm³/mol. The lowest BCUT2D eigenvalue weighted by molar-refractivity contribution is 0.306. The third kappa shape index (κ3) is 4.34. The summed E-state index contributed by atoms with van der Waals surface area (Å²) >= 11 is 0. The highest BCUT2D eigenvalue weighted by Crippen LogP contribution is 2.18. The number of aryl methyl sites for hydroxylation is 1. The van der Waals surface area contributed by atoms with Crippen molar-refractivity contribution in [1.29, 1.82) is 0 Å². The number of hydrogen-bond acceptors (Lipinski definition) is 2. The molecule has 2 nitrogen and oxygen atoms in total. The van der Waals surface area contributed by atoms with E-state index in [0.717, 1.165) is 38.3 Å². The Labute approximate surface area is 92.6 Å². The smallest absolute Gasteiger partial charge is 0.122 e. The van der Waals surface area contributed by atoms with E-state index in [4.69, 9.17) is 4.74 Å². The Morgan fingerprint density at radius 2 is 2.00 bits per heavy atom. The number of hydrogen-bond donors (Lipinski definition) is 1. The molecule has 0 unspecified atom stereocenters. The van der Waals surface area contributed by atoms with Gasteiger partial charge in [-0.15, -0.1) is 0 Å². The molecule has 1 aromatic rings. The summed E-state index contributed by atoms with van der Waals surface area (Å²) in [5.41, 5.74) is 1.29. The van der Waals surface area contributed by atoms with Crippen LogP contribution in [-0.2, 0) is 6.42 Å². The number of benzene rings is 1. The van der Waals surface area contributed by atoms with Crippen molar-refractivity contribution in [3.05, 3.63) is 29.8 Å². The summed E-state index contributed by atoms with van der Waals surface area (Å²) in [7, 11) is 0. The second-order valence-electron chi connectivity index (χ2n) is 3.52. The molecule has 0 bridgehead atoms. The van der Waals surface area contributed by atoms with Crippen LogP contribution in [0.1, 0.15) is 25.8 Å². The SMILES string of the molecule is CCNCCCOc1ccccc1CC. The van der Waals surface area contributed by atoms with Crippen LogP contribution in [0.3, 0.4) is 0 Å². The highest BCUT2D eigenvalue weighted by molar-refractivity contribution is 5.33. The minimum atomic E-state index is 0.796. The van der Waals surface area contributed by atoms with Gasteiger partial charge in [-0.2, -0.15) is 0 Å². The average molecular weight is 207 g/mol. The second-order valence-corrected chi connectivity index (χ2v) is 3.52. The van der Waals surface area contributed by atoms with Crippen LogP contribution in [0.15, 0.2) is 24.3 Å². The first-order valence-corrected chi connectivity index (χ1v) is 5.80. The van der Waals surface area contributed by atoms with Gasteiger partial charge >= 0.3 is 0 Å². The highest BCUT2D eigenvalue weighted by atomic mass is 16.5. The van der Waals surface area contributed by atoms with Crippen LogP contribution in [-0.4, -0.2) is 19.7 Å². The quantitative estimate of drug-likeness (QED) is 0.694. The molecule has 84 valence electrons. The maximum absolute atomic E-state index is 5.73. The van der Waals surface area contributed by atoms with Crippen LogP contribution in [0, 0.1) is 0 Å². The summed E-state index contributed by atoms with van der Waals surface area (Å²) in [6, 6.07) is 8.26. The lowest BCUT2D eigenvalue weighted by Gasteiger charge is -2.10. The summed E-state index contributed by atoms with van der Waals surface area (Å²) in [6.45, 7) is 7.13. The van der Waals surface area contributed by atoms with Crippen LogP contribution in [0.2, 0.25) is 0 Å². The molecule has 15 heavy (non-hydrogen) atoms. The summed E-state index contributed by atoms with van der Waals surface area (Å²) in [5, 5.41) is 3.28. The van der Waals surface area contributed by atoms with Gasteiger partial charge in [0, 0.05) is 0 Å². The minimum Gasteiger partial charge on any atom is -0.493 e. The van der Waals surface area contributed by atoms with Crippen molar-refractivity contribution in [2.24, 2.45) is 0 Å². The Balaban J connectivity index is 2.30. The Hall–Kier alpha value is -1.02. The van der Waals surface area contributed by atoms with Crippen LogP contribution in [0.4, 0.5) is 0 Å². The second kappa shape index (κ2) is 7.30. The van der Waals surface area contributed by atoms with Gasteiger partial charge in [0.2, 0.25) is 0 Å². The molecule has 0 radical (unpaired) electrons. The molecule has 0 aromatic heterocycles. The Bertz CT molecular complexity index is 273. The molecule has 1 rings (SSSR count). The molecule has 0 aliphatic heterocycles. The van der Waals surface area contributed by atoms with Crippen LogP contribution in [0.25, 0.3) is 0 Å². The van der Waals surface area contributed by atoms with E-state index in [0.29, 0.717) is 0 Å². The fourth-order valence-electron chi connectivity index (χ4n) is 1.49. The topological polar surface area (TPSA) is 21.3 Å². The van der Waals surface area contributed by atoms with Crippen molar-refractivity contribution in [2.75, 3.05) is 19.7 Å². The van der Waals surface area contributed by atoms with Crippen molar-refractivity contribution in [3.63, 3.8) is 0 Å².